The lowest BCUT2D eigenvalue weighted by Crippen LogP contribution is -2.31. The van der Waals surface area contributed by atoms with Gasteiger partial charge >= 0.3 is 0 Å². The molecule has 0 unspecified atom stereocenters. The van der Waals surface area contributed by atoms with E-state index in [9.17, 15) is 13.2 Å². The first-order valence-corrected chi connectivity index (χ1v) is 11.1. The number of sulfone groups is 1. The fourth-order valence-corrected chi connectivity index (χ4v) is 5.00. The van der Waals surface area contributed by atoms with Crippen LogP contribution in [0.1, 0.15) is 58.4 Å². The minimum Gasteiger partial charge on any atom is -0.492 e. The summed E-state index contributed by atoms with van der Waals surface area (Å²) in [7, 11) is -3.14. The van der Waals surface area contributed by atoms with Crippen LogP contribution < -0.4 is 10.1 Å². The van der Waals surface area contributed by atoms with Crippen LogP contribution in [0.3, 0.4) is 0 Å². The van der Waals surface area contributed by atoms with Crippen LogP contribution in [0.4, 0.5) is 0 Å². The number of ether oxygens (including phenoxy) is 1. The maximum Gasteiger partial charge on any atom is 0.221 e. The highest BCUT2D eigenvalue weighted by atomic mass is 32.2. The molecule has 26 heavy (non-hydrogen) atoms. The first kappa shape index (κ1) is 20.7. The van der Waals surface area contributed by atoms with E-state index in [1.807, 2.05) is 24.3 Å². The van der Waals surface area contributed by atoms with E-state index in [1.165, 1.54) is 5.56 Å². The third-order valence-electron chi connectivity index (χ3n) is 4.84. The molecule has 6 heteroatoms. The molecule has 1 N–H and O–H groups in total. The Morgan fingerprint density at radius 2 is 1.77 bits per heavy atom. The van der Waals surface area contributed by atoms with Gasteiger partial charge in [-0.15, -0.1) is 0 Å². The van der Waals surface area contributed by atoms with Crippen LogP contribution in [0.2, 0.25) is 0 Å². The predicted molar refractivity (Wildman–Crippen MR) is 104 cm³/mol. The molecule has 0 aliphatic heterocycles. The Labute approximate surface area is 157 Å². The molecular formula is C20H31NO4S. The van der Waals surface area contributed by atoms with Crippen LogP contribution in [0.5, 0.6) is 5.75 Å². The normalized spacial score (nSPS) is 15.8. The van der Waals surface area contributed by atoms with Gasteiger partial charge in [0, 0.05) is 6.42 Å². The van der Waals surface area contributed by atoms with Crippen molar-refractivity contribution in [2.75, 3.05) is 18.9 Å². The molecule has 1 fully saturated rings. The molecule has 0 atom stereocenters. The Morgan fingerprint density at radius 3 is 2.35 bits per heavy atom. The van der Waals surface area contributed by atoms with Gasteiger partial charge in [0.25, 0.3) is 0 Å². The van der Waals surface area contributed by atoms with E-state index in [0.717, 1.165) is 31.4 Å². The Kier molecular flexibility index (Phi) is 7.09. The van der Waals surface area contributed by atoms with E-state index < -0.39 is 9.84 Å². The Hall–Kier alpha value is -1.56. The number of nitrogens with one attached hydrogen (secondary N) is 1. The van der Waals surface area contributed by atoms with Crippen LogP contribution >= 0.6 is 0 Å². The lowest BCUT2D eigenvalue weighted by atomic mass is 9.87. The van der Waals surface area contributed by atoms with Crippen molar-refractivity contribution >= 4 is 15.7 Å². The Balaban J connectivity index is 1.65. The van der Waals surface area contributed by atoms with Crippen LogP contribution in [0.15, 0.2) is 24.3 Å². The summed E-state index contributed by atoms with van der Waals surface area (Å²) in [6.07, 6.45) is 3.46. The second-order valence-corrected chi connectivity index (χ2v) is 10.4. The van der Waals surface area contributed by atoms with Crippen LogP contribution in [0.25, 0.3) is 0 Å². The number of hydrogen-bond acceptors (Lipinski definition) is 4. The van der Waals surface area contributed by atoms with Crippen LogP contribution in [-0.4, -0.2) is 38.5 Å². The number of benzene rings is 1. The molecule has 0 heterocycles. The molecule has 1 amide bonds. The summed E-state index contributed by atoms with van der Waals surface area (Å²) in [5, 5.41) is 2.48. The van der Waals surface area contributed by atoms with Crippen molar-refractivity contribution in [2.24, 2.45) is 0 Å². The third-order valence-corrected chi connectivity index (χ3v) is 7.10. The quantitative estimate of drug-likeness (QED) is 0.702. The van der Waals surface area contributed by atoms with Gasteiger partial charge in [-0.1, -0.05) is 45.7 Å². The molecule has 1 aliphatic carbocycles. The van der Waals surface area contributed by atoms with Crippen molar-refractivity contribution in [3.05, 3.63) is 29.8 Å². The van der Waals surface area contributed by atoms with Crippen molar-refractivity contribution in [2.45, 2.75) is 63.5 Å². The molecular weight excluding hydrogens is 350 g/mol. The van der Waals surface area contributed by atoms with Gasteiger partial charge in [-0.2, -0.15) is 0 Å². The van der Waals surface area contributed by atoms with Gasteiger partial charge in [0.2, 0.25) is 5.91 Å². The maximum absolute atomic E-state index is 12.1. The van der Waals surface area contributed by atoms with E-state index >= 15 is 0 Å². The lowest BCUT2D eigenvalue weighted by molar-refractivity contribution is -0.120. The highest BCUT2D eigenvalue weighted by Gasteiger charge is 2.28. The SMILES string of the molecule is CC(C)(C)c1ccc(OCCNC(=O)CCS(=O)(=O)C2CCCC2)cc1. The Bertz CT molecular complexity index is 684. The van der Waals surface area contributed by atoms with E-state index in [2.05, 4.69) is 26.1 Å². The minimum atomic E-state index is -3.14. The predicted octanol–water partition coefficient (Wildman–Crippen LogP) is 3.23. The summed E-state index contributed by atoms with van der Waals surface area (Å²) in [6.45, 7) is 7.20. The molecule has 0 saturated heterocycles. The van der Waals surface area contributed by atoms with Gasteiger partial charge < -0.3 is 10.1 Å². The highest BCUT2D eigenvalue weighted by molar-refractivity contribution is 7.92. The summed E-state index contributed by atoms with van der Waals surface area (Å²) in [5.74, 6) is 0.466. The Morgan fingerprint density at radius 1 is 1.15 bits per heavy atom. The topological polar surface area (TPSA) is 72.5 Å². The summed E-state index contributed by atoms with van der Waals surface area (Å²) in [4.78, 5) is 11.8. The molecule has 1 saturated carbocycles. The molecule has 0 radical (unpaired) electrons. The average molecular weight is 382 g/mol. The largest absolute Gasteiger partial charge is 0.492 e. The second-order valence-electron chi connectivity index (χ2n) is 8.00. The number of carbonyl (C=O) groups excluding carboxylic acids is 1. The molecule has 2 rings (SSSR count). The van der Waals surface area contributed by atoms with Crippen molar-refractivity contribution in [1.29, 1.82) is 0 Å². The maximum atomic E-state index is 12.1. The average Bonchev–Trinajstić information content (AvgIpc) is 3.12. The molecule has 0 spiro atoms. The number of hydrogen-bond donors (Lipinski definition) is 1. The van der Waals surface area contributed by atoms with Gasteiger partial charge in [0.1, 0.15) is 12.4 Å². The third kappa shape index (κ3) is 6.31. The minimum absolute atomic E-state index is 0.0269. The van der Waals surface area contributed by atoms with Gasteiger partial charge in [-0.25, -0.2) is 8.42 Å². The van der Waals surface area contributed by atoms with Crippen molar-refractivity contribution in [3.63, 3.8) is 0 Å². The van der Waals surface area contributed by atoms with E-state index in [0.29, 0.717) is 13.2 Å². The smallest absolute Gasteiger partial charge is 0.221 e. The zero-order valence-electron chi connectivity index (χ0n) is 16.1. The first-order chi connectivity index (χ1) is 12.2. The summed E-state index contributed by atoms with van der Waals surface area (Å²) in [5.41, 5.74) is 1.34. The molecule has 1 aromatic rings. The molecule has 1 aliphatic rings. The molecule has 0 bridgehead atoms. The van der Waals surface area contributed by atoms with E-state index in [-0.39, 0.29) is 28.7 Å². The number of rotatable bonds is 8. The van der Waals surface area contributed by atoms with E-state index in [1.54, 1.807) is 0 Å². The van der Waals surface area contributed by atoms with Crippen molar-refractivity contribution in [1.82, 2.24) is 5.32 Å². The number of amides is 1. The molecule has 1 aromatic carbocycles. The fraction of sp³-hybridized carbons (Fsp3) is 0.650. The molecule has 5 nitrogen and oxygen atoms in total. The van der Waals surface area contributed by atoms with Crippen LogP contribution in [-0.2, 0) is 20.0 Å². The monoisotopic (exact) mass is 381 g/mol. The van der Waals surface area contributed by atoms with Gasteiger partial charge in [-0.05, 0) is 36.0 Å². The molecule has 146 valence electrons. The van der Waals surface area contributed by atoms with Gasteiger partial charge in [0.15, 0.2) is 9.84 Å². The van der Waals surface area contributed by atoms with Gasteiger partial charge in [0.05, 0.1) is 17.5 Å². The fourth-order valence-electron chi connectivity index (χ4n) is 3.15. The number of carbonyl (C=O) groups is 1. The second kappa shape index (κ2) is 8.89. The van der Waals surface area contributed by atoms with Crippen LogP contribution in [0, 0.1) is 0 Å². The zero-order chi connectivity index (χ0) is 19.2. The van der Waals surface area contributed by atoms with Crippen molar-refractivity contribution < 1.29 is 17.9 Å². The van der Waals surface area contributed by atoms with Gasteiger partial charge in [-0.3, -0.25) is 4.79 Å². The standard InChI is InChI=1S/C20H31NO4S/c1-20(2,3)16-8-10-17(11-9-16)25-14-13-21-19(22)12-15-26(23,24)18-6-4-5-7-18/h8-11,18H,4-7,12-15H2,1-3H3,(H,21,22). The zero-order valence-corrected chi connectivity index (χ0v) is 16.9. The van der Waals surface area contributed by atoms with E-state index in [4.69, 9.17) is 4.74 Å². The summed E-state index contributed by atoms with van der Waals surface area (Å²) >= 11 is 0. The first-order valence-electron chi connectivity index (χ1n) is 9.40. The summed E-state index contributed by atoms with van der Waals surface area (Å²) in [6, 6.07) is 7.94. The lowest BCUT2D eigenvalue weighted by Gasteiger charge is -2.19. The van der Waals surface area contributed by atoms with Crippen molar-refractivity contribution in [3.8, 4) is 5.75 Å². The molecule has 0 aromatic heterocycles. The highest BCUT2D eigenvalue weighted by Crippen LogP contribution is 2.25. The summed E-state index contributed by atoms with van der Waals surface area (Å²) < 4.78 is 29.9.